The van der Waals surface area contributed by atoms with Gasteiger partial charge in [-0.1, -0.05) is 47.6 Å². The zero-order valence-corrected chi connectivity index (χ0v) is 16.7. The van der Waals surface area contributed by atoms with Crippen LogP contribution in [-0.4, -0.2) is 32.6 Å². The minimum Gasteiger partial charge on any atom is -0.337 e. The van der Waals surface area contributed by atoms with Crippen molar-refractivity contribution in [3.63, 3.8) is 0 Å². The molecule has 3 aromatic rings. The van der Waals surface area contributed by atoms with Crippen molar-refractivity contribution < 1.29 is 12.9 Å². The van der Waals surface area contributed by atoms with Crippen molar-refractivity contribution in [2.75, 3.05) is 18.8 Å². The van der Waals surface area contributed by atoms with Crippen LogP contribution in [0.4, 0.5) is 5.88 Å². The van der Waals surface area contributed by atoms with Gasteiger partial charge in [0, 0.05) is 17.7 Å². The Balaban J connectivity index is 1.97. The number of rotatable bonds is 6. The van der Waals surface area contributed by atoms with Crippen LogP contribution in [0.3, 0.4) is 0 Å². The standard InChI is InChI=1S/C20H23N3O3S/c1-14-15(2)21-26-20(14)22-27(24,25)19-8-6-5-7-18(19)17-11-9-16(10-12-17)13-23(3)4/h5-12,22H,13H2,1-4H3. The number of aromatic nitrogens is 1. The van der Waals surface area contributed by atoms with Crippen LogP contribution in [0.15, 0.2) is 57.9 Å². The molecule has 0 saturated heterocycles. The lowest BCUT2D eigenvalue weighted by Gasteiger charge is -2.13. The van der Waals surface area contributed by atoms with E-state index in [1.54, 1.807) is 32.0 Å². The summed E-state index contributed by atoms with van der Waals surface area (Å²) in [7, 11) is 0.195. The van der Waals surface area contributed by atoms with Crippen LogP contribution < -0.4 is 4.72 Å². The molecular formula is C20H23N3O3S. The predicted octanol–water partition coefficient (Wildman–Crippen LogP) is 3.82. The zero-order valence-electron chi connectivity index (χ0n) is 15.9. The highest BCUT2D eigenvalue weighted by Crippen LogP contribution is 2.30. The van der Waals surface area contributed by atoms with Gasteiger partial charge in [0.1, 0.15) is 0 Å². The van der Waals surface area contributed by atoms with Gasteiger partial charge in [-0.2, -0.15) is 0 Å². The van der Waals surface area contributed by atoms with E-state index < -0.39 is 10.0 Å². The van der Waals surface area contributed by atoms with Gasteiger partial charge in [-0.15, -0.1) is 0 Å². The van der Waals surface area contributed by atoms with Crippen molar-refractivity contribution in [3.8, 4) is 11.1 Å². The van der Waals surface area contributed by atoms with Crippen LogP contribution in [0.2, 0.25) is 0 Å². The van der Waals surface area contributed by atoms with E-state index in [1.165, 1.54) is 0 Å². The van der Waals surface area contributed by atoms with Gasteiger partial charge in [0.2, 0.25) is 5.88 Å². The number of nitrogens with zero attached hydrogens (tertiary/aromatic N) is 2. The van der Waals surface area contributed by atoms with Gasteiger partial charge < -0.3 is 9.42 Å². The van der Waals surface area contributed by atoms with Crippen molar-refractivity contribution in [1.29, 1.82) is 0 Å². The number of aryl methyl sites for hydroxylation is 1. The lowest BCUT2D eigenvalue weighted by molar-refractivity contribution is 0.402. The average molecular weight is 385 g/mol. The van der Waals surface area contributed by atoms with E-state index in [0.29, 0.717) is 16.8 Å². The van der Waals surface area contributed by atoms with Crippen LogP contribution in [0.5, 0.6) is 0 Å². The van der Waals surface area contributed by atoms with Gasteiger partial charge in [-0.3, -0.25) is 0 Å². The van der Waals surface area contributed by atoms with E-state index in [-0.39, 0.29) is 10.8 Å². The van der Waals surface area contributed by atoms with Crippen LogP contribution in [-0.2, 0) is 16.6 Å². The van der Waals surface area contributed by atoms with E-state index in [0.717, 1.165) is 17.7 Å². The SMILES string of the molecule is Cc1noc(NS(=O)(=O)c2ccccc2-c2ccc(CN(C)C)cc2)c1C. The molecule has 0 amide bonds. The Morgan fingerprint density at radius 2 is 1.70 bits per heavy atom. The molecule has 0 bridgehead atoms. The molecule has 1 aromatic heterocycles. The fraction of sp³-hybridized carbons (Fsp3) is 0.250. The third-order valence-corrected chi connectivity index (χ3v) is 5.71. The molecule has 0 saturated carbocycles. The third-order valence-electron chi connectivity index (χ3n) is 4.32. The molecule has 0 radical (unpaired) electrons. The first-order chi connectivity index (χ1) is 12.8. The summed E-state index contributed by atoms with van der Waals surface area (Å²) in [5.41, 5.74) is 3.95. The van der Waals surface area contributed by atoms with Crippen molar-refractivity contribution in [3.05, 3.63) is 65.4 Å². The Kier molecular flexibility index (Phi) is 5.34. The molecule has 0 aliphatic carbocycles. The number of hydrogen-bond donors (Lipinski definition) is 1. The molecule has 142 valence electrons. The Morgan fingerprint density at radius 1 is 1.04 bits per heavy atom. The van der Waals surface area contributed by atoms with Crippen molar-refractivity contribution >= 4 is 15.9 Å². The van der Waals surface area contributed by atoms with Crippen molar-refractivity contribution in [2.24, 2.45) is 0 Å². The molecular weight excluding hydrogens is 362 g/mol. The molecule has 6 nitrogen and oxygen atoms in total. The van der Waals surface area contributed by atoms with Crippen LogP contribution in [0, 0.1) is 13.8 Å². The Bertz CT molecular complexity index is 1040. The average Bonchev–Trinajstić information content (AvgIpc) is 2.93. The van der Waals surface area contributed by atoms with Crippen molar-refractivity contribution in [1.82, 2.24) is 10.1 Å². The largest absolute Gasteiger partial charge is 0.337 e. The fourth-order valence-corrected chi connectivity index (χ4v) is 4.06. The maximum Gasteiger partial charge on any atom is 0.264 e. The molecule has 0 aliphatic heterocycles. The molecule has 0 atom stereocenters. The van der Waals surface area contributed by atoms with E-state index in [9.17, 15) is 8.42 Å². The quantitative estimate of drug-likeness (QED) is 0.698. The predicted molar refractivity (Wildman–Crippen MR) is 106 cm³/mol. The molecule has 1 heterocycles. The Hall–Kier alpha value is -2.64. The number of hydrogen-bond acceptors (Lipinski definition) is 5. The highest BCUT2D eigenvalue weighted by Gasteiger charge is 2.22. The number of anilines is 1. The first-order valence-electron chi connectivity index (χ1n) is 8.56. The van der Waals surface area contributed by atoms with Gasteiger partial charge in [0.25, 0.3) is 10.0 Å². The molecule has 3 rings (SSSR count). The maximum atomic E-state index is 13.0. The van der Waals surface area contributed by atoms with Crippen LogP contribution >= 0.6 is 0 Å². The lowest BCUT2D eigenvalue weighted by Crippen LogP contribution is -2.14. The van der Waals surface area contributed by atoms with Gasteiger partial charge in [0.05, 0.1) is 10.6 Å². The summed E-state index contributed by atoms with van der Waals surface area (Å²) >= 11 is 0. The van der Waals surface area contributed by atoms with Gasteiger partial charge >= 0.3 is 0 Å². The minimum absolute atomic E-state index is 0.142. The summed E-state index contributed by atoms with van der Waals surface area (Å²) in [4.78, 5) is 2.28. The molecule has 1 N–H and O–H groups in total. The zero-order chi connectivity index (χ0) is 19.6. The number of sulfonamides is 1. The highest BCUT2D eigenvalue weighted by molar-refractivity contribution is 7.92. The smallest absolute Gasteiger partial charge is 0.264 e. The number of nitrogens with one attached hydrogen (secondary N) is 1. The van der Waals surface area contributed by atoms with E-state index >= 15 is 0 Å². The molecule has 0 unspecified atom stereocenters. The number of benzene rings is 2. The molecule has 2 aromatic carbocycles. The molecule has 7 heteroatoms. The molecule has 27 heavy (non-hydrogen) atoms. The normalized spacial score (nSPS) is 11.7. The summed E-state index contributed by atoms with van der Waals surface area (Å²) in [5, 5.41) is 3.80. The Labute approximate surface area is 159 Å². The van der Waals surface area contributed by atoms with Gasteiger partial charge in [0.15, 0.2) is 0 Å². The topological polar surface area (TPSA) is 75.4 Å². The van der Waals surface area contributed by atoms with Gasteiger partial charge in [-0.25, -0.2) is 13.1 Å². The summed E-state index contributed by atoms with van der Waals surface area (Å²) in [6, 6.07) is 14.8. The fourth-order valence-electron chi connectivity index (χ4n) is 2.78. The van der Waals surface area contributed by atoms with Crippen LogP contribution in [0.1, 0.15) is 16.8 Å². The summed E-state index contributed by atoms with van der Waals surface area (Å²) in [6.45, 7) is 4.35. The first kappa shape index (κ1) is 19.1. The third kappa shape index (κ3) is 4.20. The van der Waals surface area contributed by atoms with Gasteiger partial charge in [-0.05, 0) is 45.1 Å². The second kappa shape index (κ2) is 7.54. The second-order valence-electron chi connectivity index (χ2n) is 6.76. The monoisotopic (exact) mass is 385 g/mol. The van der Waals surface area contributed by atoms with E-state index in [4.69, 9.17) is 4.52 Å². The molecule has 0 spiro atoms. The highest BCUT2D eigenvalue weighted by atomic mass is 32.2. The Morgan fingerprint density at radius 3 is 2.30 bits per heavy atom. The van der Waals surface area contributed by atoms with Crippen molar-refractivity contribution in [2.45, 2.75) is 25.3 Å². The van der Waals surface area contributed by atoms with Crippen LogP contribution in [0.25, 0.3) is 11.1 Å². The molecule has 0 aliphatic rings. The second-order valence-corrected chi connectivity index (χ2v) is 8.41. The maximum absolute atomic E-state index is 13.0. The lowest BCUT2D eigenvalue weighted by atomic mass is 10.0. The first-order valence-corrected chi connectivity index (χ1v) is 10.0. The minimum atomic E-state index is -3.82. The summed E-state index contributed by atoms with van der Waals surface area (Å²) < 4.78 is 33.5. The summed E-state index contributed by atoms with van der Waals surface area (Å²) in [5.74, 6) is 0.142. The molecule has 0 fully saturated rings. The van der Waals surface area contributed by atoms with E-state index in [2.05, 4.69) is 14.8 Å². The summed E-state index contributed by atoms with van der Waals surface area (Å²) in [6.07, 6.45) is 0. The van der Waals surface area contributed by atoms with E-state index in [1.807, 2.05) is 44.4 Å².